The number of benzene rings is 2. The molecule has 0 spiro atoms. The van der Waals surface area contributed by atoms with E-state index in [1.165, 1.54) is 6.33 Å². The second-order valence-corrected chi connectivity index (χ2v) is 6.94. The Morgan fingerprint density at radius 2 is 1.89 bits per heavy atom. The highest BCUT2D eigenvalue weighted by molar-refractivity contribution is 14.1. The number of aromatic nitrogens is 3. The summed E-state index contributed by atoms with van der Waals surface area (Å²) in [6.45, 7) is 1.06. The smallest absolute Gasteiger partial charge is 0.252 e. The first-order valence-electron chi connectivity index (χ1n) is 8.20. The molecule has 0 atom stereocenters. The molecule has 0 aliphatic rings. The van der Waals surface area contributed by atoms with Crippen molar-refractivity contribution in [3.05, 3.63) is 69.3 Å². The van der Waals surface area contributed by atoms with Gasteiger partial charge in [0.25, 0.3) is 5.91 Å². The first kappa shape index (κ1) is 19.2. The van der Waals surface area contributed by atoms with Crippen molar-refractivity contribution in [2.75, 3.05) is 14.2 Å². The molecule has 3 aromatic rings. The van der Waals surface area contributed by atoms with Crippen LogP contribution >= 0.6 is 22.6 Å². The quantitative estimate of drug-likeness (QED) is 0.529. The van der Waals surface area contributed by atoms with E-state index in [1.54, 1.807) is 37.4 Å². The minimum Gasteiger partial charge on any atom is -0.493 e. The zero-order chi connectivity index (χ0) is 19.2. The summed E-state index contributed by atoms with van der Waals surface area (Å²) in [4.78, 5) is 16.6. The lowest BCUT2D eigenvalue weighted by Gasteiger charge is -2.12. The van der Waals surface area contributed by atoms with E-state index >= 15 is 0 Å². The average molecular weight is 478 g/mol. The summed E-state index contributed by atoms with van der Waals surface area (Å²) < 4.78 is 13.1. The Bertz CT molecular complexity index is 929. The van der Waals surface area contributed by atoms with Gasteiger partial charge in [-0.15, -0.1) is 0 Å². The number of hydrogen-bond donors (Lipinski definition) is 1. The lowest BCUT2D eigenvalue weighted by molar-refractivity contribution is 0.0949. The fourth-order valence-electron chi connectivity index (χ4n) is 2.65. The van der Waals surface area contributed by atoms with Gasteiger partial charge in [-0.2, -0.15) is 5.10 Å². The predicted octanol–water partition coefficient (Wildman–Crippen LogP) is 2.88. The summed E-state index contributed by atoms with van der Waals surface area (Å²) in [5, 5.41) is 7.06. The first-order chi connectivity index (χ1) is 13.1. The van der Waals surface area contributed by atoms with Crippen molar-refractivity contribution in [3.8, 4) is 11.5 Å². The Hall–Kier alpha value is -2.62. The molecule has 0 saturated heterocycles. The largest absolute Gasteiger partial charge is 0.493 e. The summed E-state index contributed by atoms with van der Waals surface area (Å²) in [6.07, 6.45) is 3.18. The topological polar surface area (TPSA) is 78.3 Å². The Morgan fingerprint density at radius 1 is 1.15 bits per heavy atom. The van der Waals surface area contributed by atoms with Gasteiger partial charge in [-0.3, -0.25) is 4.79 Å². The van der Waals surface area contributed by atoms with Crippen LogP contribution in [0.1, 0.15) is 21.5 Å². The number of carbonyl (C=O) groups is 1. The van der Waals surface area contributed by atoms with Crippen LogP contribution in [-0.2, 0) is 13.1 Å². The average Bonchev–Trinajstić information content (AvgIpc) is 3.19. The molecule has 0 bridgehead atoms. The van der Waals surface area contributed by atoms with Crippen LogP contribution in [0.5, 0.6) is 11.5 Å². The molecule has 3 rings (SSSR count). The maximum Gasteiger partial charge on any atom is 0.252 e. The second kappa shape index (κ2) is 8.85. The maximum atomic E-state index is 12.6. The van der Waals surface area contributed by atoms with Gasteiger partial charge >= 0.3 is 0 Å². The summed E-state index contributed by atoms with van der Waals surface area (Å²) in [7, 11) is 3.12. The number of hydrogen-bond acceptors (Lipinski definition) is 5. The van der Waals surface area contributed by atoms with Crippen molar-refractivity contribution in [1.82, 2.24) is 20.1 Å². The minimum atomic E-state index is -0.165. The van der Waals surface area contributed by atoms with E-state index in [-0.39, 0.29) is 5.91 Å². The molecule has 27 heavy (non-hydrogen) atoms. The second-order valence-electron chi connectivity index (χ2n) is 5.78. The number of carbonyl (C=O) groups excluding carboxylic acids is 1. The molecule has 8 heteroatoms. The number of halogens is 1. The minimum absolute atomic E-state index is 0.165. The van der Waals surface area contributed by atoms with Crippen LogP contribution in [0.15, 0.2) is 49.1 Å². The van der Waals surface area contributed by atoms with E-state index in [0.717, 1.165) is 14.7 Å². The first-order valence-corrected chi connectivity index (χ1v) is 9.28. The predicted molar refractivity (Wildman–Crippen MR) is 109 cm³/mol. The molecule has 2 aromatic carbocycles. The zero-order valence-electron chi connectivity index (χ0n) is 15.0. The van der Waals surface area contributed by atoms with E-state index < -0.39 is 0 Å². The van der Waals surface area contributed by atoms with Crippen LogP contribution in [0.4, 0.5) is 0 Å². The SMILES string of the molecule is COc1cc(I)c(C(=O)NCc2cccc(Cn3cncn3)c2)cc1OC. The number of nitrogens with zero attached hydrogens (tertiary/aromatic N) is 3. The molecule has 0 saturated carbocycles. The van der Waals surface area contributed by atoms with Gasteiger partial charge in [0.05, 0.1) is 26.3 Å². The molecule has 140 valence electrons. The fourth-order valence-corrected chi connectivity index (χ4v) is 3.33. The van der Waals surface area contributed by atoms with Gasteiger partial charge in [0.2, 0.25) is 0 Å². The molecule has 1 aromatic heterocycles. The van der Waals surface area contributed by atoms with Crippen molar-refractivity contribution in [2.45, 2.75) is 13.1 Å². The summed E-state index contributed by atoms with van der Waals surface area (Å²) in [5.74, 6) is 0.958. The molecular weight excluding hydrogens is 459 g/mol. The van der Waals surface area contributed by atoms with Gasteiger partial charge in [-0.05, 0) is 45.9 Å². The standard InChI is InChI=1S/C19H19IN4O3/c1-26-17-7-15(16(20)8-18(17)27-2)19(25)22-9-13-4-3-5-14(6-13)10-24-12-21-11-23-24/h3-8,11-12H,9-10H2,1-2H3,(H,22,25). The lowest BCUT2D eigenvalue weighted by atomic mass is 10.1. The molecule has 0 fully saturated rings. The normalized spacial score (nSPS) is 10.5. The number of ether oxygens (including phenoxy) is 2. The molecule has 7 nitrogen and oxygen atoms in total. The molecule has 1 heterocycles. The molecule has 0 aliphatic carbocycles. The van der Waals surface area contributed by atoms with Gasteiger partial charge in [0.15, 0.2) is 11.5 Å². The van der Waals surface area contributed by atoms with Crippen LogP contribution < -0.4 is 14.8 Å². The van der Waals surface area contributed by atoms with Gasteiger partial charge in [-0.1, -0.05) is 24.3 Å². The van der Waals surface area contributed by atoms with E-state index in [0.29, 0.717) is 30.2 Å². The van der Waals surface area contributed by atoms with Crippen LogP contribution in [0.2, 0.25) is 0 Å². The van der Waals surface area contributed by atoms with Crippen molar-refractivity contribution in [3.63, 3.8) is 0 Å². The van der Waals surface area contributed by atoms with Gasteiger partial charge in [0.1, 0.15) is 12.7 Å². The number of methoxy groups -OCH3 is 2. The van der Waals surface area contributed by atoms with E-state index in [1.807, 2.05) is 24.3 Å². The highest BCUT2D eigenvalue weighted by Crippen LogP contribution is 2.31. The molecule has 0 aliphatic heterocycles. The molecule has 1 N–H and O–H groups in total. The lowest BCUT2D eigenvalue weighted by Crippen LogP contribution is -2.24. The molecule has 0 radical (unpaired) electrons. The van der Waals surface area contributed by atoms with Crippen LogP contribution in [0, 0.1) is 3.57 Å². The monoisotopic (exact) mass is 478 g/mol. The number of nitrogens with one attached hydrogen (secondary N) is 1. The Balaban J connectivity index is 1.69. The third kappa shape index (κ3) is 4.76. The Labute approximate surface area is 170 Å². The van der Waals surface area contributed by atoms with Crippen molar-refractivity contribution in [2.24, 2.45) is 0 Å². The summed E-state index contributed by atoms with van der Waals surface area (Å²) >= 11 is 2.12. The van der Waals surface area contributed by atoms with Crippen LogP contribution in [0.3, 0.4) is 0 Å². The van der Waals surface area contributed by atoms with Crippen molar-refractivity contribution < 1.29 is 14.3 Å². The van der Waals surface area contributed by atoms with E-state index in [9.17, 15) is 4.79 Å². The summed E-state index contributed by atoms with van der Waals surface area (Å²) in [5.41, 5.74) is 2.65. The maximum absolute atomic E-state index is 12.6. The third-order valence-electron chi connectivity index (χ3n) is 3.97. The van der Waals surface area contributed by atoms with Crippen LogP contribution in [-0.4, -0.2) is 34.9 Å². The van der Waals surface area contributed by atoms with Gasteiger partial charge in [0, 0.05) is 10.1 Å². The van der Waals surface area contributed by atoms with Crippen molar-refractivity contribution in [1.29, 1.82) is 0 Å². The zero-order valence-corrected chi connectivity index (χ0v) is 17.1. The molecule has 0 unspecified atom stereocenters. The molecule has 1 amide bonds. The number of amides is 1. The molecular formula is C19H19IN4O3. The highest BCUT2D eigenvalue weighted by Gasteiger charge is 2.15. The Kier molecular flexibility index (Phi) is 6.28. The number of rotatable bonds is 7. The van der Waals surface area contributed by atoms with E-state index in [2.05, 4.69) is 38.0 Å². The Morgan fingerprint density at radius 3 is 2.59 bits per heavy atom. The van der Waals surface area contributed by atoms with E-state index in [4.69, 9.17) is 9.47 Å². The summed E-state index contributed by atoms with van der Waals surface area (Å²) in [6, 6.07) is 11.5. The van der Waals surface area contributed by atoms with Crippen LogP contribution in [0.25, 0.3) is 0 Å². The third-order valence-corrected chi connectivity index (χ3v) is 4.87. The van der Waals surface area contributed by atoms with Gasteiger partial charge in [-0.25, -0.2) is 9.67 Å². The van der Waals surface area contributed by atoms with Gasteiger partial charge < -0.3 is 14.8 Å². The van der Waals surface area contributed by atoms with Crippen molar-refractivity contribution >= 4 is 28.5 Å². The highest BCUT2D eigenvalue weighted by atomic mass is 127. The fraction of sp³-hybridized carbons (Fsp3) is 0.211.